The van der Waals surface area contributed by atoms with Gasteiger partial charge in [-0.05, 0) is 0 Å². The zero-order valence-electron chi connectivity index (χ0n) is 5.42. The molecule has 0 spiro atoms. The van der Waals surface area contributed by atoms with Crippen LogP contribution in [-0.4, -0.2) is 18.1 Å². The third kappa shape index (κ3) is 0.928. The Labute approximate surface area is 57.3 Å². The van der Waals surface area contributed by atoms with Crippen LogP contribution >= 0.6 is 0 Å². The van der Waals surface area contributed by atoms with Crippen molar-refractivity contribution in [1.29, 1.82) is 5.41 Å². The lowest BCUT2D eigenvalue weighted by molar-refractivity contribution is 0.390. The second-order valence-corrected chi connectivity index (χ2v) is 1.65. The molecule has 1 aromatic rings. The van der Waals surface area contributed by atoms with Gasteiger partial charge in [-0.25, -0.2) is 0 Å². The van der Waals surface area contributed by atoms with Gasteiger partial charge in [0.1, 0.15) is 5.84 Å². The summed E-state index contributed by atoms with van der Waals surface area (Å²) in [4.78, 5) is 0. The maximum Gasteiger partial charge on any atom is 0.189 e. The van der Waals surface area contributed by atoms with Crippen molar-refractivity contribution < 1.29 is 9.26 Å². The highest BCUT2D eigenvalue weighted by molar-refractivity contribution is 5.95. The standard InChI is InChI=1S/C5H7N3O2/c1-9-3-2-10-8-4(3)5(6)7/h2H,1H3,(H3,6,7). The minimum atomic E-state index is -0.161. The first-order valence-corrected chi connectivity index (χ1v) is 2.58. The Morgan fingerprint density at radius 3 is 3.00 bits per heavy atom. The number of amidine groups is 1. The second-order valence-electron chi connectivity index (χ2n) is 1.65. The fourth-order valence-electron chi connectivity index (χ4n) is 0.554. The van der Waals surface area contributed by atoms with E-state index in [0.717, 1.165) is 0 Å². The van der Waals surface area contributed by atoms with Crippen molar-refractivity contribution in [2.24, 2.45) is 5.73 Å². The number of nitrogens with one attached hydrogen (secondary N) is 1. The lowest BCUT2D eigenvalue weighted by atomic mass is 10.4. The van der Waals surface area contributed by atoms with Crippen molar-refractivity contribution in [3.63, 3.8) is 0 Å². The molecular formula is C5H7N3O2. The Hall–Kier alpha value is -1.52. The zero-order chi connectivity index (χ0) is 7.56. The van der Waals surface area contributed by atoms with Gasteiger partial charge in [0.2, 0.25) is 0 Å². The average Bonchev–Trinajstić information content (AvgIpc) is 2.33. The number of methoxy groups -OCH3 is 1. The number of hydrogen-bond donors (Lipinski definition) is 2. The minimum Gasteiger partial charge on any atom is -0.491 e. The Morgan fingerprint density at radius 1 is 1.90 bits per heavy atom. The first-order chi connectivity index (χ1) is 4.75. The van der Waals surface area contributed by atoms with Crippen LogP contribution in [0.4, 0.5) is 0 Å². The molecule has 0 aliphatic rings. The molecule has 0 bridgehead atoms. The average molecular weight is 141 g/mol. The van der Waals surface area contributed by atoms with Gasteiger partial charge in [0, 0.05) is 0 Å². The molecule has 1 aromatic heterocycles. The molecule has 5 heteroatoms. The molecule has 0 saturated heterocycles. The van der Waals surface area contributed by atoms with Crippen LogP contribution in [0.25, 0.3) is 0 Å². The number of hydrogen-bond acceptors (Lipinski definition) is 4. The van der Waals surface area contributed by atoms with Crippen molar-refractivity contribution >= 4 is 5.84 Å². The van der Waals surface area contributed by atoms with E-state index in [4.69, 9.17) is 15.9 Å². The molecule has 0 atom stereocenters. The van der Waals surface area contributed by atoms with Crippen molar-refractivity contribution in [3.05, 3.63) is 12.0 Å². The third-order valence-electron chi connectivity index (χ3n) is 1.01. The highest BCUT2D eigenvalue weighted by atomic mass is 16.5. The molecule has 0 aliphatic heterocycles. The molecular weight excluding hydrogens is 134 g/mol. The fourth-order valence-corrected chi connectivity index (χ4v) is 0.554. The van der Waals surface area contributed by atoms with E-state index < -0.39 is 0 Å². The van der Waals surface area contributed by atoms with Gasteiger partial charge < -0.3 is 15.0 Å². The normalized spacial score (nSPS) is 9.30. The molecule has 54 valence electrons. The molecule has 0 fully saturated rings. The first kappa shape index (κ1) is 6.60. The van der Waals surface area contributed by atoms with Crippen LogP contribution in [-0.2, 0) is 0 Å². The minimum absolute atomic E-state index is 0.161. The Morgan fingerprint density at radius 2 is 2.60 bits per heavy atom. The van der Waals surface area contributed by atoms with E-state index in [0.29, 0.717) is 5.75 Å². The first-order valence-electron chi connectivity index (χ1n) is 2.58. The summed E-state index contributed by atoms with van der Waals surface area (Å²) in [7, 11) is 1.46. The fraction of sp³-hybridized carbons (Fsp3) is 0.200. The van der Waals surface area contributed by atoms with Gasteiger partial charge in [-0.2, -0.15) is 0 Å². The maximum atomic E-state index is 6.97. The zero-order valence-corrected chi connectivity index (χ0v) is 5.42. The van der Waals surface area contributed by atoms with Crippen LogP contribution in [0.5, 0.6) is 5.75 Å². The number of rotatable bonds is 2. The van der Waals surface area contributed by atoms with Crippen molar-refractivity contribution in [3.8, 4) is 5.75 Å². The molecule has 0 aromatic carbocycles. The second kappa shape index (κ2) is 2.38. The Kier molecular flexibility index (Phi) is 1.57. The largest absolute Gasteiger partial charge is 0.491 e. The smallest absolute Gasteiger partial charge is 0.189 e. The highest BCUT2D eigenvalue weighted by Crippen LogP contribution is 2.13. The van der Waals surface area contributed by atoms with Crippen LogP contribution in [0, 0.1) is 5.41 Å². The molecule has 1 rings (SSSR count). The van der Waals surface area contributed by atoms with E-state index in [1.165, 1.54) is 13.4 Å². The van der Waals surface area contributed by atoms with Crippen molar-refractivity contribution in [1.82, 2.24) is 5.16 Å². The van der Waals surface area contributed by atoms with Crippen LogP contribution < -0.4 is 10.5 Å². The van der Waals surface area contributed by atoms with Crippen LogP contribution in [0.15, 0.2) is 10.8 Å². The predicted octanol–water partition coefficient (Wildman–Crippen LogP) is -0.0327. The quantitative estimate of drug-likeness (QED) is 0.447. The number of nitrogen functional groups attached to an aromatic ring is 1. The van der Waals surface area contributed by atoms with Gasteiger partial charge >= 0.3 is 0 Å². The lowest BCUT2D eigenvalue weighted by Gasteiger charge is -1.93. The number of nitrogens with two attached hydrogens (primary N) is 1. The van der Waals surface area contributed by atoms with E-state index in [1.807, 2.05) is 0 Å². The van der Waals surface area contributed by atoms with E-state index in [1.54, 1.807) is 0 Å². The van der Waals surface area contributed by atoms with Gasteiger partial charge in [0.25, 0.3) is 0 Å². The molecule has 3 N–H and O–H groups in total. The Balaban J connectivity index is 3.01. The maximum absolute atomic E-state index is 6.97. The van der Waals surface area contributed by atoms with Gasteiger partial charge in [0.15, 0.2) is 17.7 Å². The molecule has 0 unspecified atom stereocenters. The van der Waals surface area contributed by atoms with Crippen LogP contribution in [0.1, 0.15) is 5.69 Å². The van der Waals surface area contributed by atoms with E-state index in [2.05, 4.69) is 9.68 Å². The van der Waals surface area contributed by atoms with Gasteiger partial charge in [-0.3, -0.25) is 5.41 Å². The number of nitrogens with zero attached hydrogens (tertiary/aromatic N) is 1. The summed E-state index contributed by atoms with van der Waals surface area (Å²) < 4.78 is 9.27. The summed E-state index contributed by atoms with van der Waals surface area (Å²) in [6.07, 6.45) is 1.29. The Bertz CT molecular complexity index is 243. The van der Waals surface area contributed by atoms with E-state index in [-0.39, 0.29) is 11.5 Å². The molecule has 10 heavy (non-hydrogen) atoms. The lowest BCUT2D eigenvalue weighted by Crippen LogP contribution is -2.12. The highest BCUT2D eigenvalue weighted by Gasteiger charge is 2.09. The number of ether oxygens (including phenoxy) is 1. The summed E-state index contributed by atoms with van der Waals surface area (Å²) in [6.45, 7) is 0. The SMILES string of the molecule is COc1conc1C(=N)N. The summed E-state index contributed by atoms with van der Waals surface area (Å²) >= 11 is 0. The van der Waals surface area contributed by atoms with Gasteiger partial charge in [-0.1, -0.05) is 5.16 Å². The summed E-state index contributed by atoms with van der Waals surface area (Å²) in [6, 6.07) is 0. The molecule has 0 aliphatic carbocycles. The van der Waals surface area contributed by atoms with Crippen molar-refractivity contribution in [2.45, 2.75) is 0 Å². The topological polar surface area (TPSA) is 85.1 Å². The van der Waals surface area contributed by atoms with E-state index >= 15 is 0 Å². The summed E-state index contributed by atoms with van der Waals surface area (Å²) in [5.41, 5.74) is 5.35. The number of aromatic nitrogens is 1. The molecule has 0 saturated carbocycles. The van der Waals surface area contributed by atoms with Crippen LogP contribution in [0.2, 0.25) is 0 Å². The monoisotopic (exact) mass is 141 g/mol. The molecule has 1 heterocycles. The summed E-state index contributed by atoms with van der Waals surface area (Å²) in [5.74, 6) is 0.220. The van der Waals surface area contributed by atoms with Gasteiger partial charge in [0.05, 0.1) is 7.11 Å². The molecule has 0 amide bonds. The molecule has 5 nitrogen and oxygen atoms in total. The van der Waals surface area contributed by atoms with Gasteiger partial charge in [-0.15, -0.1) is 0 Å². The predicted molar refractivity (Wildman–Crippen MR) is 34.1 cm³/mol. The van der Waals surface area contributed by atoms with E-state index in [9.17, 15) is 0 Å². The summed E-state index contributed by atoms with van der Waals surface area (Å²) in [5, 5.41) is 10.4. The molecule has 0 radical (unpaired) electrons. The third-order valence-corrected chi connectivity index (χ3v) is 1.01. The van der Waals surface area contributed by atoms with Crippen LogP contribution in [0.3, 0.4) is 0 Å². The van der Waals surface area contributed by atoms with Crippen molar-refractivity contribution in [2.75, 3.05) is 7.11 Å².